The van der Waals surface area contributed by atoms with Crippen LogP contribution in [0.15, 0.2) is 30.7 Å². The average molecular weight is 455 g/mol. The molecule has 4 aliphatic carbocycles. The second kappa shape index (κ2) is 7.62. The van der Waals surface area contributed by atoms with Crippen molar-refractivity contribution in [3.8, 4) is 11.3 Å². The highest BCUT2D eigenvalue weighted by Crippen LogP contribution is 2.63. The van der Waals surface area contributed by atoms with Crippen molar-refractivity contribution in [2.45, 2.75) is 82.6 Å². The van der Waals surface area contributed by atoms with E-state index in [1.165, 1.54) is 18.9 Å². The number of aliphatic hydroxyl groups is 2. The highest BCUT2D eigenvalue weighted by atomic mass is 19.1. The first-order chi connectivity index (χ1) is 15.7. The van der Waals surface area contributed by atoms with Crippen LogP contribution in [0.25, 0.3) is 11.3 Å². The van der Waals surface area contributed by atoms with Gasteiger partial charge in [-0.15, -0.1) is 0 Å². The van der Waals surface area contributed by atoms with Gasteiger partial charge in [-0.3, -0.25) is 0 Å². The minimum atomic E-state index is -0.706. The molecule has 6 unspecified atom stereocenters. The molecule has 0 radical (unpaired) electrons. The minimum Gasteiger partial charge on any atom is -0.392 e. The van der Waals surface area contributed by atoms with E-state index in [2.05, 4.69) is 4.98 Å². The number of ether oxygens (including phenoxy) is 1. The Labute approximate surface area is 195 Å². The number of hydrogen-bond acceptors (Lipinski definition) is 4. The summed E-state index contributed by atoms with van der Waals surface area (Å²) in [5.74, 6) is 1.41. The van der Waals surface area contributed by atoms with E-state index in [1.54, 1.807) is 18.6 Å². The maximum Gasteiger partial charge on any atom is 0.129 e. The molecule has 1 aromatic heterocycles. The Morgan fingerprint density at radius 3 is 2.73 bits per heavy atom. The Kier molecular flexibility index (Phi) is 5.02. The Morgan fingerprint density at radius 1 is 1.24 bits per heavy atom. The predicted octanol–water partition coefficient (Wildman–Crippen LogP) is 4.72. The van der Waals surface area contributed by atoms with Crippen LogP contribution in [0.4, 0.5) is 4.39 Å². The summed E-state index contributed by atoms with van der Waals surface area (Å²) < 4.78 is 23.3. The molecule has 5 aliphatic rings. The quantitative estimate of drug-likeness (QED) is 0.636. The number of halogens is 1. The SMILES string of the molecule is CC(C)(O)CCOC1C2CC3C[C@@H]1CC(C(O)CC1c4c(F)cccc4-c4cncn41)(C3)C2. The molecule has 2 heterocycles. The van der Waals surface area contributed by atoms with E-state index in [9.17, 15) is 14.6 Å². The summed E-state index contributed by atoms with van der Waals surface area (Å²) >= 11 is 0. The summed E-state index contributed by atoms with van der Waals surface area (Å²) in [4.78, 5) is 4.30. The summed E-state index contributed by atoms with van der Waals surface area (Å²) in [5, 5.41) is 21.7. The van der Waals surface area contributed by atoms with Crippen LogP contribution in [0.5, 0.6) is 0 Å². The Bertz CT molecular complexity index is 1030. The first-order valence-corrected chi connectivity index (χ1v) is 12.6. The fourth-order valence-electron chi connectivity index (χ4n) is 7.86. The number of imidazole rings is 1. The van der Waals surface area contributed by atoms with Crippen LogP contribution in [0.1, 0.15) is 70.4 Å². The Balaban J connectivity index is 1.21. The largest absolute Gasteiger partial charge is 0.392 e. The van der Waals surface area contributed by atoms with Crippen molar-refractivity contribution in [1.29, 1.82) is 0 Å². The molecule has 6 heteroatoms. The molecule has 2 aromatic rings. The van der Waals surface area contributed by atoms with Gasteiger partial charge in [0, 0.05) is 17.7 Å². The lowest BCUT2D eigenvalue weighted by atomic mass is 9.46. The number of hydrogen-bond donors (Lipinski definition) is 2. The van der Waals surface area contributed by atoms with Crippen molar-refractivity contribution in [2.24, 2.45) is 23.2 Å². The highest BCUT2D eigenvalue weighted by molar-refractivity contribution is 5.69. The topological polar surface area (TPSA) is 67.5 Å². The number of aromatic nitrogens is 2. The van der Waals surface area contributed by atoms with Gasteiger partial charge in [0.25, 0.3) is 0 Å². The predicted molar refractivity (Wildman–Crippen MR) is 123 cm³/mol. The zero-order valence-electron chi connectivity index (χ0n) is 19.6. The molecule has 5 nitrogen and oxygen atoms in total. The van der Waals surface area contributed by atoms with E-state index >= 15 is 0 Å². The third-order valence-corrected chi connectivity index (χ3v) is 9.08. The number of nitrogens with zero attached hydrogens (tertiary/aromatic N) is 2. The molecule has 4 saturated carbocycles. The van der Waals surface area contributed by atoms with Gasteiger partial charge in [0.15, 0.2) is 0 Å². The van der Waals surface area contributed by atoms with Crippen molar-refractivity contribution in [1.82, 2.24) is 9.55 Å². The molecule has 178 valence electrons. The Morgan fingerprint density at radius 2 is 2.00 bits per heavy atom. The molecule has 2 N–H and O–H groups in total. The van der Waals surface area contributed by atoms with Crippen LogP contribution in [0.2, 0.25) is 0 Å². The maximum absolute atomic E-state index is 14.9. The van der Waals surface area contributed by atoms with Gasteiger partial charge in [0.05, 0.1) is 42.1 Å². The number of aliphatic hydroxyl groups excluding tert-OH is 1. The van der Waals surface area contributed by atoms with Crippen molar-refractivity contribution in [3.63, 3.8) is 0 Å². The lowest BCUT2D eigenvalue weighted by Crippen LogP contribution is -2.58. The maximum atomic E-state index is 14.9. The standard InChI is InChI=1S/C27H35FN2O3/c1-26(2,32)6-7-33-25-17-8-16-9-18(25)13-27(11-16,12-17)23(31)10-21-24-19(4-3-5-20(24)28)22-14-29-15-30(21)22/h3-5,14-18,21,23,25,31-32H,6-13H2,1-2H3/t16?,17-,18?,21?,23?,25?,27?/m1/s1. The summed E-state index contributed by atoms with van der Waals surface area (Å²) in [7, 11) is 0. The normalized spacial score (nSPS) is 35.0. The van der Waals surface area contributed by atoms with Crippen LogP contribution in [0.3, 0.4) is 0 Å². The zero-order chi connectivity index (χ0) is 23.0. The van der Waals surface area contributed by atoms with Crippen molar-refractivity contribution in [3.05, 3.63) is 42.1 Å². The van der Waals surface area contributed by atoms with E-state index in [1.807, 2.05) is 24.5 Å². The lowest BCUT2D eigenvalue weighted by Gasteiger charge is -2.61. The molecule has 1 aromatic carbocycles. The van der Waals surface area contributed by atoms with Gasteiger partial charge in [-0.1, -0.05) is 12.1 Å². The third kappa shape index (κ3) is 3.57. The molecule has 7 rings (SSSR count). The summed E-state index contributed by atoms with van der Waals surface area (Å²) in [6.45, 7) is 4.24. The van der Waals surface area contributed by atoms with Crippen LogP contribution in [-0.4, -0.2) is 44.2 Å². The lowest BCUT2D eigenvalue weighted by molar-refractivity contribution is -0.192. The van der Waals surface area contributed by atoms with Crippen LogP contribution >= 0.6 is 0 Å². The second-order valence-electron chi connectivity index (χ2n) is 11.9. The van der Waals surface area contributed by atoms with Gasteiger partial charge in [-0.05, 0) is 88.0 Å². The number of rotatable bonds is 7. The number of benzene rings is 1. The van der Waals surface area contributed by atoms with E-state index in [0.29, 0.717) is 42.8 Å². The fourth-order valence-corrected chi connectivity index (χ4v) is 7.86. The first-order valence-electron chi connectivity index (χ1n) is 12.6. The molecule has 33 heavy (non-hydrogen) atoms. The van der Waals surface area contributed by atoms with Gasteiger partial charge >= 0.3 is 0 Å². The summed E-state index contributed by atoms with van der Waals surface area (Å²) in [6, 6.07) is 5.03. The van der Waals surface area contributed by atoms with Gasteiger partial charge in [-0.25, -0.2) is 9.37 Å². The Hall–Kier alpha value is -1.76. The molecule has 1 aliphatic heterocycles. The average Bonchev–Trinajstić information content (AvgIpc) is 3.32. The molecule has 0 saturated heterocycles. The molecule has 4 fully saturated rings. The van der Waals surface area contributed by atoms with Crippen LogP contribution < -0.4 is 0 Å². The van der Waals surface area contributed by atoms with Crippen molar-refractivity contribution >= 4 is 0 Å². The van der Waals surface area contributed by atoms with Crippen LogP contribution in [-0.2, 0) is 4.74 Å². The van der Waals surface area contributed by atoms with Crippen molar-refractivity contribution in [2.75, 3.05) is 6.61 Å². The molecule has 0 amide bonds. The van der Waals surface area contributed by atoms with E-state index in [-0.39, 0.29) is 23.4 Å². The van der Waals surface area contributed by atoms with Gasteiger partial charge in [0.1, 0.15) is 5.82 Å². The van der Waals surface area contributed by atoms with E-state index in [0.717, 1.165) is 30.5 Å². The minimum absolute atomic E-state index is 0.0959. The summed E-state index contributed by atoms with van der Waals surface area (Å²) in [6.07, 6.45) is 9.92. The zero-order valence-corrected chi connectivity index (χ0v) is 19.6. The molecule has 0 spiro atoms. The van der Waals surface area contributed by atoms with Gasteiger partial charge in [0.2, 0.25) is 0 Å². The molecule has 7 atom stereocenters. The van der Waals surface area contributed by atoms with Gasteiger partial charge < -0.3 is 19.5 Å². The highest BCUT2D eigenvalue weighted by Gasteiger charge is 2.58. The fraction of sp³-hybridized carbons (Fsp3) is 0.667. The van der Waals surface area contributed by atoms with E-state index < -0.39 is 11.7 Å². The second-order valence-corrected chi connectivity index (χ2v) is 11.9. The summed E-state index contributed by atoms with van der Waals surface area (Å²) in [5.41, 5.74) is 1.73. The molecular formula is C27H35FN2O3. The van der Waals surface area contributed by atoms with E-state index in [4.69, 9.17) is 4.74 Å². The third-order valence-electron chi connectivity index (χ3n) is 9.08. The van der Waals surface area contributed by atoms with Gasteiger partial charge in [-0.2, -0.15) is 0 Å². The number of fused-ring (bicyclic) bond motifs is 3. The molecule has 4 bridgehead atoms. The van der Waals surface area contributed by atoms with Crippen molar-refractivity contribution < 1.29 is 19.3 Å². The van der Waals surface area contributed by atoms with Crippen LogP contribution in [0, 0.1) is 29.0 Å². The monoisotopic (exact) mass is 454 g/mol. The first kappa shape index (κ1) is 21.8. The smallest absolute Gasteiger partial charge is 0.129 e. The molecular weight excluding hydrogens is 419 g/mol.